The van der Waals surface area contributed by atoms with Crippen LogP contribution in [0.15, 0.2) is 18.2 Å². The van der Waals surface area contributed by atoms with Crippen molar-refractivity contribution in [2.75, 3.05) is 0 Å². The van der Waals surface area contributed by atoms with E-state index in [2.05, 4.69) is 41.4 Å². The predicted octanol–water partition coefficient (Wildman–Crippen LogP) is 5.93. The van der Waals surface area contributed by atoms with E-state index in [1.54, 1.807) is 6.07 Å². The molecule has 0 amide bonds. The Bertz CT molecular complexity index is 720. The van der Waals surface area contributed by atoms with Crippen LogP contribution in [0.3, 0.4) is 0 Å². The number of ether oxygens (including phenoxy) is 1. The minimum absolute atomic E-state index is 0.0603. The topological polar surface area (TPSA) is 22.1 Å². The molecule has 1 aromatic heterocycles. The van der Waals surface area contributed by atoms with Crippen molar-refractivity contribution in [3.05, 3.63) is 31.9 Å². The fraction of sp³-hybridized carbons (Fsp3) is 0.400. The van der Waals surface area contributed by atoms with E-state index in [1.165, 1.54) is 0 Å². The molecular weight excluding hydrogens is 443 g/mol. The number of hydrogen-bond donors (Lipinski definition) is 0. The van der Waals surface area contributed by atoms with E-state index >= 15 is 0 Å². The van der Waals surface area contributed by atoms with E-state index in [4.69, 9.17) is 39.5 Å². The van der Waals surface area contributed by atoms with Gasteiger partial charge in [-0.2, -0.15) is 0 Å². The second kappa shape index (κ2) is 5.59. The highest BCUT2D eigenvalue weighted by Crippen LogP contribution is 2.48. The summed E-state index contributed by atoms with van der Waals surface area (Å²) in [5, 5.41) is 2.05. The van der Waals surface area contributed by atoms with Crippen LogP contribution in [0.25, 0.3) is 10.9 Å². The zero-order chi connectivity index (χ0) is 15.4. The normalized spacial score (nSPS) is 23.9. The van der Waals surface area contributed by atoms with Crippen LogP contribution in [0.1, 0.15) is 20.3 Å². The molecule has 0 spiro atoms. The maximum absolute atomic E-state index is 6.29. The summed E-state index contributed by atoms with van der Waals surface area (Å²) in [4.78, 5) is 4.39. The van der Waals surface area contributed by atoms with E-state index in [0.29, 0.717) is 15.7 Å². The number of halogens is 4. The smallest absolute Gasteiger partial charge is 0.159 e. The van der Waals surface area contributed by atoms with Gasteiger partial charge in [-0.05, 0) is 40.8 Å². The molecule has 1 aliphatic rings. The third-order valence-electron chi connectivity index (χ3n) is 4.12. The fourth-order valence-electron chi connectivity index (χ4n) is 2.46. The SMILES string of the molecule is CC1(C)C(Cl)CC1Oc1c(I)cc(Cl)c2ccc(Cl)nc12. The number of benzene rings is 1. The Morgan fingerprint density at radius 2 is 2.05 bits per heavy atom. The molecule has 2 nitrogen and oxygen atoms in total. The molecule has 1 aromatic carbocycles. The molecule has 0 bridgehead atoms. The average molecular weight is 457 g/mol. The Kier molecular flexibility index (Phi) is 4.23. The Morgan fingerprint density at radius 1 is 1.33 bits per heavy atom. The minimum atomic E-state index is -0.0603. The number of rotatable bonds is 2. The maximum Gasteiger partial charge on any atom is 0.159 e. The highest BCUT2D eigenvalue weighted by Gasteiger charge is 2.49. The molecular formula is C15H13Cl3INO. The molecule has 0 saturated heterocycles. The first-order chi connectivity index (χ1) is 9.80. The van der Waals surface area contributed by atoms with Crippen molar-refractivity contribution in [2.24, 2.45) is 5.41 Å². The molecule has 21 heavy (non-hydrogen) atoms. The lowest BCUT2D eigenvalue weighted by molar-refractivity contribution is -0.0126. The molecule has 0 radical (unpaired) electrons. The number of fused-ring (bicyclic) bond motifs is 1. The Balaban J connectivity index is 2.08. The van der Waals surface area contributed by atoms with Crippen LogP contribution < -0.4 is 4.74 Å². The molecule has 1 fully saturated rings. The molecule has 0 N–H and O–H groups in total. The molecule has 2 aromatic rings. The van der Waals surface area contributed by atoms with Crippen molar-refractivity contribution in [3.8, 4) is 5.75 Å². The summed E-state index contributed by atoms with van der Waals surface area (Å²) in [7, 11) is 0. The fourth-order valence-corrected chi connectivity index (χ4v) is 4.05. The van der Waals surface area contributed by atoms with Crippen molar-refractivity contribution >= 4 is 68.3 Å². The second-order valence-corrected chi connectivity index (χ2v) is 8.31. The van der Waals surface area contributed by atoms with Crippen molar-refractivity contribution < 1.29 is 4.74 Å². The summed E-state index contributed by atoms with van der Waals surface area (Å²) in [6, 6.07) is 5.49. The van der Waals surface area contributed by atoms with Gasteiger partial charge in [0.15, 0.2) is 5.75 Å². The van der Waals surface area contributed by atoms with Gasteiger partial charge in [-0.3, -0.25) is 0 Å². The van der Waals surface area contributed by atoms with Gasteiger partial charge >= 0.3 is 0 Å². The first kappa shape index (κ1) is 15.9. The van der Waals surface area contributed by atoms with Gasteiger partial charge in [0.05, 0.1) is 8.59 Å². The third-order valence-corrected chi connectivity index (χ3v) is 6.19. The molecule has 2 atom stereocenters. The van der Waals surface area contributed by atoms with Gasteiger partial charge in [0, 0.05) is 22.6 Å². The van der Waals surface area contributed by atoms with Crippen LogP contribution >= 0.6 is 57.4 Å². The summed E-state index contributed by atoms with van der Waals surface area (Å²) < 4.78 is 7.14. The number of nitrogens with zero attached hydrogens (tertiary/aromatic N) is 1. The summed E-state index contributed by atoms with van der Waals surface area (Å²) in [6.07, 6.45) is 0.897. The molecule has 2 unspecified atom stereocenters. The van der Waals surface area contributed by atoms with Crippen LogP contribution in [0.4, 0.5) is 0 Å². The largest absolute Gasteiger partial charge is 0.486 e. The van der Waals surface area contributed by atoms with Crippen molar-refractivity contribution in [2.45, 2.75) is 31.7 Å². The van der Waals surface area contributed by atoms with Gasteiger partial charge in [0.1, 0.15) is 16.8 Å². The number of hydrogen-bond acceptors (Lipinski definition) is 2. The summed E-state index contributed by atoms with van der Waals surface area (Å²) in [6.45, 7) is 4.23. The first-order valence-electron chi connectivity index (χ1n) is 6.55. The second-order valence-electron chi connectivity index (χ2n) is 5.83. The lowest BCUT2D eigenvalue weighted by Gasteiger charge is -2.48. The average Bonchev–Trinajstić information content (AvgIpc) is 2.41. The zero-order valence-corrected chi connectivity index (χ0v) is 15.9. The van der Waals surface area contributed by atoms with Gasteiger partial charge in [-0.15, -0.1) is 11.6 Å². The van der Waals surface area contributed by atoms with Gasteiger partial charge in [-0.1, -0.05) is 37.0 Å². The van der Waals surface area contributed by atoms with Crippen molar-refractivity contribution in [1.82, 2.24) is 4.98 Å². The molecule has 1 saturated carbocycles. The highest BCUT2D eigenvalue weighted by atomic mass is 127. The number of aromatic nitrogens is 1. The molecule has 0 aliphatic heterocycles. The zero-order valence-electron chi connectivity index (χ0n) is 11.5. The lowest BCUT2D eigenvalue weighted by Crippen LogP contribution is -2.53. The van der Waals surface area contributed by atoms with Crippen LogP contribution in [0.5, 0.6) is 5.75 Å². The van der Waals surface area contributed by atoms with Crippen LogP contribution in [-0.4, -0.2) is 16.5 Å². The lowest BCUT2D eigenvalue weighted by atomic mass is 9.68. The van der Waals surface area contributed by atoms with Crippen LogP contribution in [-0.2, 0) is 0 Å². The van der Waals surface area contributed by atoms with E-state index in [0.717, 1.165) is 21.1 Å². The first-order valence-corrected chi connectivity index (χ1v) is 8.83. The quantitative estimate of drug-likeness (QED) is 0.317. The Labute approximate surface area is 152 Å². The third kappa shape index (κ3) is 2.71. The molecule has 6 heteroatoms. The van der Waals surface area contributed by atoms with E-state index in [-0.39, 0.29) is 16.9 Å². The van der Waals surface area contributed by atoms with E-state index in [9.17, 15) is 0 Å². The Hall–Kier alpha value is 0.0300. The maximum atomic E-state index is 6.29. The van der Waals surface area contributed by atoms with Crippen molar-refractivity contribution in [3.63, 3.8) is 0 Å². The molecule has 3 rings (SSSR count). The molecule has 1 heterocycles. The minimum Gasteiger partial charge on any atom is -0.486 e. The van der Waals surface area contributed by atoms with Gasteiger partial charge in [-0.25, -0.2) is 4.98 Å². The molecule has 112 valence electrons. The highest BCUT2D eigenvalue weighted by molar-refractivity contribution is 14.1. The van der Waals surface area contributed by atoms with Crippen LogP contribution in [0.2, 0.25) is 10.2 Å². The van der Waals surface area contributed by atoms with E-state index in [1.807, 2.05) is 12.1 Å². The molecule has 1 aliphatic carbocycles. The summed E-state index contributed by atoms with van der Waals surface area (Å²) in [5.41, 5.74) is 0.642. The van der Waals surface area contributed by atoms with Crippen molar-refractivity contribution in [1.29, 1.82) is 0 Å². The van der Waals surface area contributed by atoms with E-state index < -0.39 is 0 Å². The Morgan fingerprint density at radius 3 is 2.67 bits per heavy atom. The van der Waals surface area contributed by atoms with Gasteiger partial charge in [0.2, 0.25) is 0 Å². The number of pyridine rings is 1. The monoisotopic (exact) mass is 455 g/mol. The standard InChI is InChI=1S/C15H13Cl3INO/c1-15(2)10(17)6-11(15)21-14-9(19)5-8(16)7-3-4-12(18)20-13(7)14/h3-5,10-11H,6H2,1-2H3. The van der Waals surface area contributed by atoms with Crippen LogP contribution in [0, 0.1) is 8.99 Å². The summed E-state index contributed by atoms with van der Waals surface area (Å²) >= 11 is 20.8. The predicted molar refractivity (Wildman–Crippen MR) is 96.9 cm³/mol. The number of alkyl halides is 1. The van der Waals surface area contributed by atoms with Gasteiger partial charge in [0.25, 0.3) is 0 Å². The summed E-state index contributed by atoms with van der Waals surface area (Å²) in [5.74, 6) is 0.735. The van der Waals surface area contributed by atoms with Gasteiger partial charge < -0.3 is 4.74 Å².